The van der Waals surface area contributed by atoms with Crippen LogP contribution in [0.4, 0.5) is 0 Å². The van der Waals surface area contributed by atoms with E-state index in [-0.39, 0.29) is 5.91 Å². The Balaban J connectivity index is 0.000000791. The normalized spacial score (nSPS) is 8.57. The van der Waals surface area contributed by atoms with Gasteiger partial charge in [0, 0.05) is 13.6 Å². The maximum atomic E-state index is 10.8. The summed E-state index contributed by atoms with van der Waals surface area (Å²) in [5.74, 6) is -0.154. The number of rotatable bonds is 2. The van der Waals surface area contributed by atoms with Crippen molar-refractivity contribution in [2.75, 3.05) is 7.05 Å². The number of carbonyl (C=O) groups is 1. The van der Waals surface area contributed by atoms with Crippen molar-refractivity contribution in [2.24, 2.45) is 0 Å². The first-order chi connectivity index (χ1) is 6.70. The fourth-order valence-corrected chi connectivity index (χ4v) is 0.945. The summed E-state index contributed by atoms with van der Waals surface area (Å²) >= 11 is 4.25. The molecule has 14 heavy (non-hydrogen) atoms. The first-order valence-electron chi connectivity index (χ1n) is 4.08. The molecule has 0 aliphatic rings. The molecule has 0 radical (unpaired) electrons. The van der Waals surface area contributed by atoms with Crippen LogP contribution < -0.4 is 0 Å². The molecule has 0 aliphatic heterocycles. The Morgan fingerprint density at radius 3 is 2.36 bits per heavy atom. The van der Waals surface area contributed by atoms with Gasteiger partial charge in [0.15, 0.2) is 0 Å². The monoisotopic (exact) mass is 305 g/mol. The van der Waals surface area contributed by atoms with Gasteiger partial charge in [0.2, 0.25) is 0 Å². The molecule has 1 aromatic carbocycles. The molecule has 0 saturated heterocycles. The van der Waals surface area contributed by atoms with Crippen LogP contribution in [0.25, 0.3) is 0 Å². The van der Waals surface area contributed by atoms with Gasteiger partial charge in [-0.15, -0.1) is 0 Å². The number of halogens is 1. The van der Waals surface area contributed by atoms with E-state index in [0.29, 0.717) is 6.54 Å². The van der Waals surface area contributed by atoms with E-state index in [1.807, 2.05) is 30.3 Å². The summed E-state index contributed by atoms with van der Waals surface area (Å²) < 4.78 is 0. The fourth-order valence-electron chi connectivity index (χ4n) is 0.945. The van der Waals surface area contributed by atoms with E-state index in [1.54, 1.807) is 11.9 Å². The van der Waals surface area contributed by atoms with Gasteiger partial charge >= 0.3 is 30.0 Å². The molecule has 0 unspecified atom stereocenters. The van der Waals surface area contributed by atoms with Crippen molar-refractivity contribution in [3.63, 3.8) is 0 Å². The second kappa shape index (κ2) is 8.01. The standard InChI is InChI=1S/C10H12NO.BrH.Zn/c1-9(12)11(2)8-10-6-4-3-5-7-10;;/h3-7H,1,8H2,2H3;1H;/q-1;;+2/p-1. The van der Waals surface area contributed by atoms with Gasteiger partial charge in [-0.1, -0.05) is 30.3 Å². The van der Waals surface area contributed by atoms with Crippen molar-refractivity contribution in [3.8, 4) is 0 Å². The number of hydrogen-bond donors (Lipinski definition) is 0. The topological polar surface area (TPSA) is 20.3 Å². The predicted molar refractivity (Wildman–Crippen MR) is 57.2 cm³/mol. The summed E-state index contributed by atoms with van der Waals surface area (Å²) in [6, 6.07) is 9.84. The Kier molecular flexibility index (Phi) is 7.82. The van der Waals surface area contributed by atoms with Gasteiger partial charge in [0.05, 0.1) is 5.91 Å². The van der Waals surface area contributed by atoms with Crippen LogP contribution in [0, 0.1) is 6.92 Å². The Bertz CT molecular complexity index is 266. The summed E-state index contributed by atoms with van der Waals surface area (Å²) in [6.45, 7) is 3.95. The Morgan fingerprint density at radius 1 is 1.43 bits per heavy atom. The minimum absolute atomic E-state index is 0.154. The molecule has 0 aromatic heterocycles. The quantitative estimate of drug-likeness (QED) is 0.606. The van der Waals surface area contributed by atoms with Crippen LogP contribution in [-0.2, 0) is 27.7 Å². The molecule has 72 valence electrons. The zero-order valence-electron chi connectivity index (χ0n) is 8.24. The van der Waals surface area contributed by atoms with Crippen molar-refractivity contribution in [3.05, 3.63) is 42.8 Å². The van der Waals surface area contributed by atoms with Gasteiger partial charge in [-0.25, -0.2) is 0 Å². The minimum atomic E-state index is -0.154. The summed E-state index contributed by atoms with van der Waals surface area (Å²) in [6.07, 6.45) is 0. The molecule has 1 amide bonds. The van der Waals surface area contributed by atoms with Crippen molar-refractivity contribution in [2.45, 2.75) is 6.54 Å². The van der Waals surface area contributed by atoms with Crippen LogP contribution in [0.3, 0.4) is 0 Å². The third kappa shape index (κ3) is 5.41. The second-order valence-corrected chi connectivity index (χ2v) is 2.74. The van der Waals surface area contributed by atoms with Gasteiger partial charge < -0.3 is 16.6 Å². The first-order valence-corrected chi connectivity index (χ1v) is 11.0. The maximum absolute atomic E-state index is 10.8. The molecule has 0 spiro atoms. The number of amides is 1. The van der Waals surface area contributed by atoms with Gasteiger partial charge in [0.1, 0.15) is 0 Å². The average Bonchev–Trinajstić information content (AvgIpc) is 2.22. The van der Waals surface area contributed by atoms with Gasteiger partial charge in [-0.2, -0.15) is 0 Å². The molecule has 1 aromatic rings. The number of hydrogen-bond acceptors (Lipinski definition) is 1. The molecule has 0 heterocycles. The van der Waals surface area contributed by atoms with Crippen molar-refractivity contribution >= 4 is 19.5 Å². The van der Waals surface area contributed by atoms with Crippen LogP contribution in [0.5, 0.6) is 0 Å². The summed E-state index contributed by atoms with van der Waals surface area (Å²) in [5.41, 5.74) is 1.12. The van der Waals surface area contributed by atoms with Crippen LogP contribution in [0.2, 0.25) is 0 Å². The molecule has 2 nitrogen and oxygen atoms in total. The number of benzene rings is 1. The number of nitrogens with zero attached hydrogens (tertiary/aromatic N) is 1. The Labute approximate surface area is 102 Å². The van der Waals surface area contributed by atoms with E-state index in [0.717, 1.165) is 5.56 Å². The van der Waals surface area contributed by atoms with Crippen molar-refractivity contribution < 1.29 is 21.1 Å². The van der Waals surface area contributed by atoms with E-state index >= 15 is 0 Å². The molecule has 1 rings (SSSR count). The van der Waals surface area contributed by atoms with Crippen molar-refractivity contribution in [1.82, 2.24) is 4.90 Å². The zero-order valence-corrected chi connectivity index (χ0v) is 12.8. The first kappa shape index (κ1) is 13.7. The van der Waals surface area contributed by atoms with Crippen LogP contribution in [0.15, 0.2) is 30.3 Å². The van der Waals surface area contributed by atoms with Crippen LogP contribution >= 0.6 is 13.6 Å². The molecule has 0 aliphatic carbocycles. The molecule has 0 atom stereocenters. The van der Waals surface area contributed by atoms with Crippen LogP contribution in [0.1, 0.15) is 5.56 Å². The number of carbonyl (C=O) groups excluding carboxylic acids is 1. The van der Waals surface area contributed by atoms with Gasteiger partial charge in [0.25, 0.3) is 0 Å². The predicted octanol–water partition coefficient (Wildman–Crippen LogP) is 2.32. The molecule has 0 fully saturated rings. The Morgan fingerprint density at radius 2 is 1.93 bits per heavy atom. The van der Waals surface area contributed by atoms with Crippen molar-refractivity contribution in [1.29, 1.82) is 0 Å². The van der Waals surface area contributed by atoms with Gasteiger partial charge in [-0.05, 0) is 5.56 Å². The molecule has 4 heteroatoms. The molecule has 0 bridgehead atoms. The van der Waals surface area contributed by atoms with Gasteiger partial charge in [-0.3, -0.25) is 0 Å². The van der Waals surface area contributed by atoms with E-state index < -0.39 is 0 Å². The second-order valence-electron chi connectivity index (χ2n) is 2.74. The molecule has 0 saturated carbocycles. The molecular weight excluding hydrogens is 295 g/mol. The molecular formula is C10H12BrNOZn. The SMILES string of the molecule is [CH2-]C(=O)N(C)Cc1ccccc1.[Zn+][Br]. The fraction of sp³-hybridized carbons (Fsp3) is 0.200. The average molecular weight is 308 g/mol. The molecule has 0 N–H and O–H groups in total. The zero-order chi connectivity index (χ0) is 11.0. The van der Waals surface area contributed by atoms with E-state index in [9.17, 15) is 4.79 Å². The Hall–Kier alpha value is -0.337. The summed E-state index contributed by atoms with van der Waals surface area (Å²) in [4.78, 5) is 12.3. The van der Waals surface area contributed by atoms with E-state index in [4.69, 9.17) is 0 Å². The van der Waals surface area contributed by atoms with E-state index in [2.05, 4.69) is 20.5 Å². The summed E-state index contributed by atoms with van der Waals surface area (Å²) in [7, 11) is 1.74. The third-order valence-electron chi connectivity index (χ3n) is 1.69. The summed E-state index contributed by atoms with van der Waals surface area (Å²) in [5, 5.41) is 0. The van der Waals surface area contributed by atoms with Crippen LogP contribution in [-0.4, -0.2) is 17.9 Å². The third-order valence-corrected chi connectivity index (χ3v) is 1.69. The van der Waals surface area contributed by atoms with E-state index in [1.165, 1.54) is 16.3 Å².